The van der Waals surface area contributed by atoms with Crippen molar-refractivity contribution in [2.45, 2.75) is 38.6 Å². The summed E-state index contributed by atoms with van der Waals surface area (Å²) < 4.78 is 4.87. The largest absolute Gasteiger partial charge is 0.467 e. The van der Waals surface area contributed by atoms with Gasteiger partial charge in [-0.2, -0.15) is 5.06 Å². The molecule has 1 fully saturated rings. The number of aryl methyl sites for hydroxylation is 2. The first-order chi connectivity index (χ1) is 12.2. The summed E-state index contributed by atoms with van der Waals surface area (Å²) in [5, 5.41) is 13.5. The van der Waals surface area contributed by atoms with Gasteiger partial charge in [0.1, 0.15) is 0 Å². The second-order valence-electron chi connectivity index (χ2n) is 6.54. The lowest BCUT2D eigenvalue weighted by molar-refractivity contribution is -0.228. The molecule has 0 bridgehead atoms. The van der Waals surface area contributed by atoms with Crippen LogP contribution in [-0.4, -0.2) is 60.1 Å². The van der Waals surface area contributed by atoms with Crippen LogP contribution in [0.3, 0.4) is 0 Å². The highest BCUT2D eigenvalue weighted by Gasteiger charge is 2.49. The molecule has 1 heterocycles. The molecule has 1 aromatic carbocycles. The van der Waals surface area contributed by atoms with Crippen LogP contribution in [0, 0.1) is 13.8 Å². The summed E-state index contributed by atoms with van der Waals surface area (Å²) in [5.74, 6) is -1.20. The fourth-order valence-electron chi connectivity index (χ4n) is 3.24. The van der Waals surface area contributed by atoms with E-state index in [1.807, 2.05) is 19.9 Å². The molecule has 7 nitrogen and oxygen atoms in total. The second-order valence-corrected chi connectivity index (χ2v) is 6.95. The fourth-order valence-corrected chi connectivity index (χ4v) is 3.46. The Morgan fingerprint density at radius 3 is 2.38 bits per heavy atom. The molecule has 0 unspecified atom stereocenters. The average molecular weight is 385 g/mol. The van der Waals surface area contributed by atoms with E-state index < -0.39 is 17.4 Å². The van der Waals surface area contributed by atoms with Crippen LogP contribution in [-0.2, 0) is 25.6 Å². The third-order valence-electron chi connectivity index (χ3n) is 4.97. The van der Waals surface area contributed by atoms with Gasteiger partial charge in [-0.15, -0.1) is 0 Å². The van der Waals surface area contributed by atoms with Crippen LogP contribution in [0.25, 0.3) is 0 Å². The van der Waals surface area contributed by atoms with Crippen LogP contribution in [0.1, 0.15) is 29.5 Å². The quantitative estimate of drug-likeness (QED) is 0.476. The highest BCUT2D eigenvalue weighted by atomic mass is 35.5. The van der Waals surface area contributed by atoms with Crippen LogP contribution >= 0.6 is 11.6 Å². The number of carbonyl (C=O) groups excluding carboxylic acids is 2. The number of amides is 1. The molecule has 8 heteroatoms. The molecular formula is C18H25ClN2O5. The van der Waals surface area contributed by atoms with Crippen molar-refractivity contribution in [1.82, 2.24) is 10.1 Å². The van der Waals surface area contributed by atoms with Crippen LogP contribution in [0.15, 0.2) is 12.1 Å². The maximum absolute atomic E-state index is 12.7. The van der Waals surface area contributed by atoms with Crippen molar-refractivity contribution < 1.29 is 24.4 Å². The van der Waals surface area contributed by atoms with Gasteiger partial charge < -0.3 is 9.57 Å². The van der Waals surface area contributed by atoms with Gasteiger partial charge in [-0.3, -0.25) is 10.0 Å². The molecule has 2 rings (SSSR count). The minimum absolute atomic E-state index is 0.0346. The van der Waals surface area contributed by atoms with E-state index in [1.165, 1.54) is 7.11 Å². The minimum Gasteiger partial charge on any atom is -0.467 e. The normalized spacial score (nSPS) is 17.0. The summed E-state index contributed by atoms with van der Waals surface area (Å²) in [6.45, 7) is 4.50. The molecule has 144 valence electrons. The van der Waals surface area contributed by atoms with Gasteiger partial charge in [0.25, 0.3) is 5.91 Å². The number of methoxy groups -OCH3 is 1. The number of hydroxylamine groups is 4. The Balaban J connectivity index is 2.23. The van der Waals surface area contributed by atoms with Crippen molar-refractivity contribution in [3.8, 4) is 0 Å². The van der Waals surface area contributed by atoms with E-state index in [1.54, 1.807) is 18.2 Å². The van der Waals surface area contributed by atoms with Crippen molar-refractivity contribution in [2.75, 3.05) is 27.3 Å². The molecule has 0 aliphatic carbocycles. The summed E-state index contributed by atoms with van der Waals surface area (Å²) in [7, 11) is 2.79. The number of esters is 1. The number of benzene rings is 1. The Bertz CT molecular complexity index is 686. The molecule has 0 aromatic heterocycles. The zero-order valence-corrected chi connectivity index (χ0v) is 16.3. The van der Waals surface area contributed by atoms with Crippen LogP contribution in [0.2, 0.25) is 5.02 Å². The molecule has 1 N–H and O–H groups in total. The van der Waals surface area contributed by atoms with Crippen molar-refractivity contribution in [3.05, 3.63) is 33.8 Å². The Morgan fingerprint density at radius 2 is 1.85 bits per heavy atom. The first-order valence-corrected chi connectivity index (χ1v) is 8.78. The minimum atomic E-state index is -1.41. The molecule has 1 aliphatic rings. The zero-order chi connectivity index (χ0) is 19.5. The van der Waals surface area contributed by atoms with Crippen molar-refractivity contribution in [3.63, 3.8) is 0 Å². The number of carbonyl (C=O) groups is 2. The molecular weight excluding hydrogens is 360 g/mol. The Morgan fingerprint density at radius 1 is 1.23 bits per heavy atom. The molecule has 1 aliphatic heterocycles. The lowest BCUT2D eigenvalue weighted by atomic mass is 9.87. The number of nitrogens with zero attached hydrogens (tertiary/aromatic N) is 2. The maximum atomic E-state index is 12.7. The fraction of sp³-hybridized carbons (Fsp3) is 0.556. The van der Waals surface area contributed by atoms with Crippen LogP contribution < -0.4 is 0 Å². The van der Waals surface area contributed by atoms with E-state index in [0.717, 1.165) is 16.7 Å². The van der Waals surface area contributed by atoms with Crippen LogP contribution in [0.5, 0.6) is 0 Å². The summed E-state index contributed by atoms with van der Waals surface area (Å²) in [4.78, 5) is 30.3. The first-order valence-electron chi connectivity index (χ1n) is 8.40. The average Bonchev–Trinajstić information content (AvgIpc) is 2.64. The van der Waals surface area contributed by atoms with Crippen molar-refractivity contribution >= 4 is 23.5 Å². The number of piperidine rings is 1. The lowest BCUT2D eigenvalue weighted by Crippen LogP contribution is -2.61. The smallest absolute Gasteiger partial charge is 0.334 e. The summed E-state index contributed by atoms with van der Waals surface area (Å²) in [6, 6.07) is 3.61. The molecule has 26 heavy (non-hydrogen) atoms. The number of rotatable bonds is 5. The van der Waals surface area contributed by atoms with E-state index in [4.69, 9.17) is 21.2 Å². The van der Waals surface area contributed by atoms with Gasteiger partial charge in [0.05, 0.1) is 20.6 Å². The predicted octanol–water partition coefficient (Wildman–Crippen LogP) is 2.29. The topological polar surface area (TPSA) is 79.3 Å². The maximum Gasteiger partial charge on any atom is 0.334 e. The number of hydrogen-bond donors (Lipinski definition) is 1. The first kappa shape index (κ1) is 20.6. The third kappa shape index (κ3) is 4.01. The van der Waals surface area contributed by atoms with Gasteiger partial charge in [-0.05, 0) is 49.4 Å². The van der Waals surface area contributed by atoms with Gasteiger partial charge in [-0.25, -0.2) is 9.86 Å². The van der Waals surface area contributed by atoms with Gasteiger partial charge in [-0.1, -0.05) is 17.7 Å². The Labute approximate surface area is 158 Å². The molecule has 0 spiro atoms. The molecule has 0 radical (unpaired) electrons. The number of ether oxygens (including phenoxy) is 1. The zero-order valence-electron chi connectivity index (χ0n) is 15.5. The van der Waals surface area contributed by atoms with Gasteiger partial charge in [0, 0.05) is 18.1 Å². The lowest BCUT2D eigenvalue weighted by Gasteiger charge is -2.42. The summed E-state index contributed by atoms with van der Waals surface area (Å²) in [6.07, 6.45) is 0.399. The summed E-state index contributed by atoms with van der Waals surface area (Å²) in [5.41, 5.74) is 1.05. The van der Waals surface area contributed by atoms with Gasteiger partial charge in [0.2, 0.25) is 0 Å². The number of halogens is 1. The van der Waals surface area contributed by atoms with E-state index in [2.05, 4.69) is 0 Å². The predicted molar refractivity (Wildman–Crippen MR) is 95.8 cm³/mol. The molecule has 0 saturated carbocycles. The highest BCUT2D eigenvalue weighted by molar-refractivity contribution is 6.31. The van der Waals surface area contributed by atoms with Gasteiger partial charge in [0.15, 0.2) is 5.54 Å². The molecule has 1 aromatic rings. The van der Waals surface area contributed by atoms with Crippen molar-refractivity contribution in [2.24, 2.45) is 0 Å². The third-order valence-corrected chi connectivity index (χ3v) is 5.38. The van der Waals surface area contributed by atoms with Crippen molar-refractivity contribution in [1.29, 1.82) is 0 Å². The Kier molecular flexibility index (Phi) is 6.63. The SMILES string of the molecule is COC(=O)C1(N(O)C(=O)Cc2cc(C)c(Cl)cc2C)CCN(OC)CC1. The van der Waals surface area contributed by atoms with E-state index in [0.29, 0.717) is 23.2 Å². The molecule has 1 saturated heterocycles. The molecule has 0 atom stereocenters. The monoisotopic (exact) mass is 384 g/mol. The van der Waals surface area contributed by atoms with E-state index in [-0.39, 0.29) is 19.3 Å². The van der Waals surface area contributed by atoms with E-state index in [9.17, 15) is 14.8 Å². The van der Waals surface area contributed by atoms with E-state index >= 15 is 0 Å². The summed E-state index contributed by atoms with van der Waals surface area (Å²) >= 11 is 6.09. The highest BCUT2D eigenvalue weighted by Crippen LogP contribution is 2.30. The van der Waals surface area contributed by atoms with Gasteiger partial charge >= 0.3 is 5.97 Å². The molecule has 1 amide bonds. The Hall–Kier alpha value is -1.67. The second kappa shape index (κ2) is 8.35. The standard InChI is InChI=1S/C18H25ClN2O5/c1-12-10-15(19)13(2)9-14(12)11-16(22)21(24)18(17(23)25-3)5-7-20(26-4)8-6-18/h9-10,24H,5-8,11H2,1-4H3. The van der Waals surface area contributed by atoms with Crippen LogP contribution in [0.4, 0.5) is 0 Å². The number of hydrogen-bond acceptors (Lipinski definition) is 6.